The van der Waals surface area contributed by atoms with Gasteiger partial charge in [0.1, 0.15) is 6.54 Å². The number of hydrogen-bond donors (Lipinski definition) is 1. The number of halogens is 2. The van der Waals surface area contributed by atoms with Crippen molar-refractivity contribution in [2.75, 3.05) is 61.0 Å². The lowest BCUT2D eigenvalue weighted by Crippen LogP contribution is -3.00. The molecule has 0 spiro atoms. The van der Waals surface area contributed by atoms with E-state index in [2.05, 4.69) is 35.1 Å². The standard InChI is InChI=1S/C14H34N2O.2BrH/c1-6-10-15(2,3)11-8-7-9-12-16(4,5)13-14-17;;/h17H,6-14H2,1-5H3;2*1H/q+2;;/p-2. The first-order valence-corrected chi connectivity index (χ1v) is 7.08. The summed E-state index contributed by atoms with van der Waals surface area (Å²) in [5.74, 6) is 0. The molecule has 0 aromatic rings. The van der Waals surface area contributed by atoms with Crippen LogP contribution in [0.3, 0.4) is 0 Å². The van der Waals surface area contributed by atoms with Crippen molar-refractivity contribution < 1.29 is 48.0 Å². The van der Waals surface area contributed by atoms with Crippen LogP contribution < -0.4 is 34.0 Å². The monoisotopic (exact) mass is 404 g/mol. The van der Waals surface area contributed by atoms with Gasteiger partial charge in [0.25, 0.3) is 0 Å². The minimum Gasteiger partial charge on any atom is -1.00 e. The number of likely N-dealkylation sites (N-methyl/N-ethyl adjacent to an activating group) is 1. The largest absolute Gasteiger partial charge is 1.00 e. The van der Waals surface area contributed by atoms with Gasteiger partial charge >= 0.3 is 0 Å². The van der Waals surface area contributed by atoms with E-state index in [4.69, 9.17) is 5.11 Å². The fourth-order valence-electron chi connectivity index (χ4n) is 2.36. The molecular weight excluding hydrogens is 372 g/mol. The quantitative estimate of drug-likeness (QED) is 0.288. The summed E-state index contributed by atoms with van der Waals surface area (Å²) in [6.45, 7) is 7.19. The number of aliphatic hydroxyl groups is 1. The number of hydrogen-bond acceptors (Lipinski definition) is 1. The van der Waals surface area contributed by atoms with Crippen molar-refractivity contribution in [1.82, 2.24) is 0 Å². The van der Waals surface area contributed by atoms with Crippen LogP contribution in [-0.4, -0.2) is 75.0 Å². The lowest BCUT2D eigenvalue weighted by atomic mass is 10.2. The van der Waals surface area contributed by atoms with Gasteiger partial charge in [-0.3, -0.25) is 0 Å². The Bertz CT molecular complexity index is 180. The van der Waals surface area contributed by atoms with Crippen LogP contribution in [0.2, 0.25) is 0 Å². The maximum atomic E-state index is 8.95. The fourth-order valence-corrected chi connectivity index (χ4v) is 2.36. The topological polar surface area (TPSA) is 20.2 Å². The third-order valence-electron chi connectivity index (χ3n) is 3.56. The molecule has 0 radical (unpaired) electrons. The van der Waals surface area contributed by atoms with E-state index in [1.54, 1.807) is 0 Å². The number of aliphatic hydroxyl groups excluding tert-OH is 1. The van der Waals surface area contributed by atoms with Crippen LogP contribution in [0.1, 0.15) is 32.6 Å². The Morgan fingerprint density at radius 2 is 1.11 bits per heavy atom. The van der Waals surface area contributed by atoms with Gasteiger partial charge in [-0.2, -0.15) is 0 Å². The van der Waals surface area contributed by atoms with Crippen LogP contribution in [0.25, 0.3) is 0 Å². The molecule has 0 aliphatic carbocycles. The second-order valence-corrected chi connectivity index (χ2v) is 6.55. The molecule has 0 saturated carbocycles. The van der Waals surface area contributed by atoms with Crippen LogP contribution in [0, 0.1) is 0 Å². The van der Waals surface area contributed by atoms with Crippen LogP contribution in [-0.2, 0) is 0 Å². The summed E-state index contributed by atoms with van der Waals surface area (Å²) < 4.78 is 2.11. The predicted molar refractivity (Wildman–Crippen MR) is 74.9 cm³/mol. The van der Waals surface area contributed by atoms with E-state index in [9.17, 15) is 0 Å². The zero-order valence-corrected chi connectivity index (χ0v) is 16.6. The Morgan fingerprint density at radius 1 is 0.684 bits per heavy atom. The molecule has 0 amide bonds. The van der Waals surface area contributed by atoms with Gasteiger partial charge in [-0.05, 0) is 25.7 Å². The van der Waals surface area contributed by atoms with E-state index < -0.39 is 0 Å². The molecule has 0 saturated heterocycles. The molecule has 0 aromatic carbocycles. The minimum atomic E-state index is 0. The molecule has 0 heterocycles. The average molecular weight is 406 g/mol. The third kappa shape index (κ3) is 15.1. The normalized spacial score (nSPS) is 11.7. The first kappa shape index (κ1) is 24.8. The molecule has 1 N–H and O–H groups in total. The summed E-state index contributed by atoms with van der Waals surface area (Å²) in [4.78, 5) is 0. The highest BCUT2D eigenvalue weighted by molar-refractivity contribution is 4.43. The van der Waals surface area contributed by atoms with Gasteiger partial charge in [-0.25, -0.2) is 0 Å². The highest BCUT2D eigenvalue weighted by atomic mass is 79.9. The van der Waals surface area contributed by atoms with Gasteiger partial charge in [-0.1, -0.05) is 6.92 Å². The van der Waals surface area contributed by atoms with Crippen LogP contribution >= 0.6 is 0 Å². The van der Waals surface area contributed by atoms with Gasteiger partial charge in [0.05, 0.1) is 54.4 Å². The van der Waals surface area contributed by atoms with Crippen molar-refractivity contribution in [3.8, 4) is 0 Å². The lowest BCUT2D eigenvalue weighted by molar-refractivity contribution is -0.892. The zero-order chi connectivity index (χ0) is 13.4. The Hall–Kier alpha value is 0.840. The molecule has 0 aliphatic rings. The summed E-state index contributed by atoms with van der Waals surface area (Å²) in [5.41, 5.74) is 0. The fraction of sp³-hybridized carbons (Fsp3) is 1.00. The SMILES string of the molecule is CCC[N+](C)(C)CCCCC[N+](C)(C)CCO.[Br-].[Br-]. The Labute approximate surface area is 141 Å². The maximum Gasteiger partial charge on any atom is 0.102 e. The Morgan fingerprint density at radius 3 is 1.47 bits per heavy atom. The number of quaternary nitrogens is 2. The van der Waals surface area contributed by atoms with Crippen molar-refractivity contribution in [2.45, 2.75) is 32.6 Å². The van der Waals surface area contributed by atoms with Crippen LogP contribution in [0.5, 0.6) is 0 Å². The molecule has 0 aromatic heterocycles. The van der Waals surface area contributed by atoms with Gasteiger partial charge in [-0.15, -0.1) is 0 Å². The third-order valence-corrected chi connectivity index (χ3v) is 3.56. The summed E-state index contributed by atoms with van der Waals surface area (Å²) in [6, 6.07) is 0. The van der Waals surface area contributed by atoms with E-state index >= 15 is 0 Å². The molecule has 0 atom stereocenters. The summed E-state index contributed by atoms with van der Waals surface area (Å²) in [6.07, 6.45) is 5.19. The number of unbranched alkanes of at least 4 members (excludes halogenated alkanes) is 2. The molecule has 0 rings (SSSR count). The van der Waals surface area contributed by atoms with Crippen LogP contribution in [0.4, 0.5) is 0 Å². The van der Waals surface area contributed by atoms with E-state index in [0.29, 0.717) is 6.61 Å². The van der Waals surface area contributed by atoms with E-state index in [1.807, 2.05) is 0 Å². The molecule has 0 aliphatic heterocycles. The second-order valence-electron chi connectivity index (χ2n) is 6.55. The smallest absolute Gasteiger partial charge is 0.102 e. The Balaban J connectivity index is -0.00000128. The van der Waals surface area contributed by atoms with Gasteiger partial charge in [0.2, 0.25) is 0 Å². The summed E-state index contributed by atoms with van der Waals surface area (Å²) in [5, 5.41) is 8.95. The number of nitrogens with zero attached hydrogens (tertiary/aromatic N) is 2. The first-order valence-electron chi connectivity index (χ1n) is 7.08. The Kier molecular flexibility index (Phi) is 16.4. The molecular formula is C14H34Br2N2O. The molecule has 19 heavy (non-hydrogen) atoms. The maximum absolute atomic E-state index is 8.95. The average Bonchev–Trinajstić information content (AvgIpc) is 2.16. The van der Waals surface area contributed by atoms with Crippen molar-refractivity contribution in [2.24, 2.45) is 0 Å². The molecule has 0 unspecified atom stereocenters. The second kappa shape index (κ2) is 12.6. The van der Waals surface area contributed by atoms with Crippen molar-refractivity contribution in [3.63, 3.8) is 0 Å². The lowest BCUT2D eigenvalue weighted by Gasteiger charge is -2.30. The predicted octanol–water partition coefficient (Wildman–Crippen LogP) is -4.28. The van der Waals surface area contributed by atoms with E-state index in [1.165, 1.54) is 45.3 Å². The highest BCUT2D eigenvalue weighted by Gasteiger charge is 2.15. The molecule has 120 valence electrons. The molecule has 3 nitrogen and oxygen atoms in total. The molecule has 0 bridgehead atoms. The van der Waals surface area contributed by atoms with Crippen molar-refractivity contribution in [3.05, 3.63) is 0 Å². The van der Waals surface area contributed by atoms with Gasteiger partial charge < -0.3 is 48.0 Å². The number of rotatable bonds is 10. The van der Waals surface area contributed by atoms with Crippen LogP contribution in [0.15, 0.2) is 0 Å². The van der Waals surface area contributed by atoms with Gasteiger partial charge in [0, 0.05) is 0 Å². The van der Waals surface area contributed by atoms with E-state index in [-0.39, 0.29) is 34.0 Å². The van der Waals surface area contributed by atoms with Crippen molar-refractivity contribution in [1.29, 1.82) is 0 Å². The van der Waals surface area contributed by atoms with Crippen molar-refractivity contribution >= 4 is 0 Å². The van der Waals surface area contributed by atoms with Gasteiger partial charge in [0.15, 0.2) is 0 Å². The first-order chi connectivity index (χ1) is 7.83. The zero-order valence-electron chi connectivity index (χ0n) is 13.5. The minimum absolute atomic E-state index is 0. The molecule has 5 heteroatoms. The summed E-state index contributed by atoms with van der Waals surface area (Å²) >= 11 is 0. The highest BCUT2D eigenvalue weighted by Crippen LogP contribution is 2.07. The summed E-state index contributed by atoms with van der Waals surface area (Å²) in [7, 11) is 9.06. The molecule has 0 fully saturated rings. The van der Waals surface area contributed by atoms with E-state index in [0.717, 1.165) is 15.5 Å².